The van der Waals surface area contributed by atoms with E-state index in [0.29, 0.717) is 19.6 Å². The summed E-state index contributed by atoms with van der Waals surface area (Å²) in [6, 6.07) is 0. The molecule has 2 N–H and O–H groups in total. The topological polar surface area (TPSA) is 102 Å². The first-order valence-corrected chi connectivity index (χ1v) is 19.9. The monoisotopic (exact) mass is 669 g/mol. The van der Waals surface area contributed by atoms with Gasteiger partial charge in [-0.25, -0.2) is 0 Å². The summed E-state index contributed by atoms with van der Waals surface area (Å²) in [4.78, 5) is 23.3. The maximum absolute atomic E-state index is 12.7. The van der Waals surface area contributed by atoms with Gasteiger partial charge in [-0.2, -0.15) is 0 Å². The van der Waals surface area contributed by atoms with Crippen molar-refractivity contribution in [2.45, 2.75) is 212 Å². The summed E-state index contributed by atoms with van der Waals surface area (Å²) in [5.74, 6) is -0.762. The molecule has 0 aliphatic carbocycles. The van der Waals surface area contributed by atoms with Gasteiger partial charge < -0.3 is 24.4 Å². The van der Waals surface area contributed by atoms with Crippen LogP contribution in [0.2, 0.25) is 0 Å². The van der Waals surface area contributed by atoms with Gasteiger partial charge in [0.2, 0.25) is 0 Å². The number of aliphatic hydroxyl groups excluding tert-OH is 1. The van der Waals surface area contributed by atoms with Gasteiger partial charge in [-0.05, 0) is 51.9 Å². The third-order valence-corrected chi connectivity index (χ3v) is 8.79. The van der Waals surface area contributed by atoms with Crippen LogP contribution in [0.1, 0.15) is 200 Å². The molecule has 7 nitrogen and oxygen atoms in total. The minimum Gasteiger partial charge on any atom is -0.481 e. The number of hydrogen-bond acceptors (Lipinski definition) is 6. The Hall–Kier alpha value is -1.44. The lowest BCUT2D eigenvalue weighted by Gasteiger charge is -2.17. The highest BCUT2D eigenvalue weighted by Gasteiger charge is 2.13. The van der Waals surface area contributed by atoms with Crippen molar-refractivity contribution < 1.29 is 34.0 Å². The van der Waals surface area contributed by atoms with E-state index < -0.39 is 12.3 Å². The number of carbonyl (C=O) groups is 2. The second-order valence-electron chi connectivity index (χ2n) is 13.4. The molecular formula is C40H76O7. The number of hydrogen-bond donors (Lipinski definition) is 2. The summed E-state index contributed by atoms with van der Waals surface area (Å²) in [5, 5.41) is 18.3. The minimum absolute atomic E-state index is 0.0549. The van der Waals surface area contributed by atoms with Crippen LogP contribution in [-0.2, 0) is 23.8 Å². The molecular weight excluding hydrogens is 592 g/mol. The molecule has 0 fully saturated rings. The van der Waals surface area contributed by atoms with Crippen LogP contribution in [0.4, 0.5) is 0 Å². The van der Waals surface area contributed by atoms with Crippen molar-refractivity contribution in [1.82, 2.24) is 0 Å². The number of carbonyl (C=O) groups excluding carboxylic acids is 1. The van der Waals surface area contributed by atoms with Crippen molar-refractivity contribution in [3.8, 4) is 0 Å². The lowest BCUT2D eigenvalue weighted by molar-refractivity contribution is -0.149. The zero-order valence-electron chi connectivity index (χ0n) is 30.9. The zero-order chi connectivity index (χ0) is 34.5. The van der Waals surface area contributed by atoms with Crippen LogP contribution in [0.25, 0.3) is 0 Å². The van der Waals surface area contributed by atoms with Gasteiger partial charge in [0.25, 0.3) is 0 Å². The number of carboxylic acid groups (broad SMARTS) is 1. The molecule has 0 aromatic rings. The lowest BCUT2D eigenvalue weighted by atomic mass is 10.0. The summed E-state index contributed by atoms with van der Waals surface area (Å²) in [6.45, 7) is 5.42. The molecule has 0 aromatic carbocycles. The molecule has 0 saturated carbocycles. The van der Waals surface area contributed by atoms with Gasteiger partial charge in [0.1, 0.15) is 6.10 Å². The molecule has 0 rings (SSSR count). The van der Waals surface area contributed by atoms with Gasteiger partial charge in [0.05, 0.1) is 6.61 Å². The van der Waals surface area contributed by atoms with Crippen molar-refractivity contribution in [2.75, 3.05) is 19.8 Å². The highest BCUT2D eigenvalue weighted by molar-refractivity contribution is 5.69. The average Bonchev–Trinajstić information content (AvgIpc) is 3.04. The van der Waals surface area contributed by atoms with E-state index >= 15 is 0 Å². The molecule has 0 saturated heterocycles. The Morgan fingerprint density at radius 3 is 1.70 bits per heavy atom. The van der Waals surface area contributed by atoms with Crippen molar-refractivity contribution in [3.63, 3.8) is 0 Å². The first-order valence-electron chi connectivity index (χ1n) is 19.9. The van der Waals surface area contributed by atoms with Crippen LogP contribution in [0.5, 0.6) is 0 Å². The fraction of sp³-hybridized carbons (Fsp3) is 0.900. The van der Waals surface area contributed by atoms with E-state index in [0.717, 1.165) is 89.9 Å². The highest BCUT2D eigenvalue weighted by Crippen LogP contribution is 2.17. The van der Waals surface area contributed by atoms with Crippen LogP contribution in [0.15, 0.2) is 12.2 Å². The molecule has 0 aliphatic rings. The number of carboxylic acids is 1. The smallest absolute Gasteiger partial charge is 0.306 e. The van der Waals surface area contributed by atoms with E-state index in [1.807, 2.05) is 6.92 Å². The number of unbranched alkanes of at least 4 members (excludes halogenated alkanes) is 22. The quantitative estimate of drug-likeness (QED) is 0.0292. The van der Waals surface area contributed by atoms with E-state index in [-0.39, 0.29) is 25.1 Å². The SMILES string of the molecule is CCCCCCCCCCCCCCCCCC(=O)O[C@@H](CC=CCCCCCCCC(=O)O)CCCCCCOCC(O)OCC. The second-order valence-corrected chi connectivity index (χ2v) is 13.4. The van der Waals surface area contributed by atoms with Gasteiger partial charge in [0, 0.05) is 32.5 Å². The summed E-state index contributed by atoms with van der Waals surface area (Å²) >= 11 is 0. The molecule has 7 heteroatoms. The third kappa shape index (κ3) is 37.2. The fourth-order valence-corrected chi connectivity index (χ4v) is 5.90. The van der Waals surface area contributed by atoms with Gasteiger partial charge in [-0.1, -0.05) is 141 Å². The highest BCUT2D eigenvalue weighted by atomic mass is 16.6. The molecule has 0 heterocycles. The van der Waals surface area contributed by atoms with E-state index in [1.165, 1.54) is 83.5 Å². The molecule has 278 valence electrons. The van der Waals surface area contributed by atoms with Crippen molar-refractivity contribution in [3.05, 3.63) is 12.2 Å². The molecule has 0 spiro atoms. The number of rotatable bonds is 38. The maximum Gasteiger partial charge on any atom is 0.306 e. The van der Waals surface area contributed by atoms with Crippen molar-refractivity contribution in [1.29, 1.82) is 0 Å². The average molecular weight is 669 g/mol. The van der Waals surface area contributed by atoms with Crippen LogP contribution in [-0.4, -0.2) is 54.4 Å². The zero-order valence-corrected chi connectivity index (χ0v) is 30.9. The third-order valence-electron chi connectivity index (χ3n) is 8.79. The van der Waals surface area contributed by atoms with E-state index in [1.54, 1.807) is 0 Å². The number of aliphatic carboxylic acids is 1. The number of esters is 1. The van der Waals surface area contributed by atoms with Crippen LogP contribution in [0.3, 0.4) is 0 Å². The van der Waals surface area contributed by atoms with E-state index in [2.05, 4.69) is 19.1 Å². The minimum atomic E-state index is -0.846. The second kappa shape index (κ2) is 37.4. The number of ether oxygens (including phenoxy) is 3. The number of aliphatic hydroxyl groups is 1. The Balaban J connectivity index is 4.12. The standard InChI is InChI=1S/C40H76O7/c1-3-5-6-7-8-9-10-11-12-13-14-15-20-23-29-34-39(43)47-37(31-26-21-18-16-17-19-22-28-33-38(41)42)32-27-24-25-30-35-45-36-40(44)46-4-2/h21,26,37,40,44H,3-20,22-25,27-36H2,1-2H3,(H,41,42)/t37-,40?/m0/s1. The predicted molar refractivity (Wildman–Crippen MR) is 195 cm³/mol. The molecule has 47 heavy (non-hydrogen) atoms. The van der Waals surface area contributed by atoms with Gasteiger partial charge in [-0.3, -0.25) is 9.59 Å². The first kappa shape index (κ1) is 45.6. The molecule has 2 atom stereocenters. The van der Waals surface area contributed by atoms with Gasteiger partial charge in [-0.15, -0.1) is 0 Å². The molecule has 0 aliphatic heterocycles. The fourth-order valence-electron chi connectivity index (χ4n) is 5.90. The molecule has 0 amide bonds. The predicted octanol–water partition coefficient (Wildman–Crippen LogP) is 11.2. The first-order chi connectivity index (χ1) is 23.0. The van der Waals surface area contributed by atoms with Crippen LogP contribution >= 0.6 is 0 Å². The Kier molecular flexibility index (Phi) is 36.2. The van der Waals surface area contributed by atoms with Gasteiger partial charge in [0.15, 0.2) is 6.29 Å². The Morgan fingerprint density at radius 1 is 0.617 bits per heavy atom. The maximum atomic E-state index is 12.7. The summed E-state index contributed by atoms with van der Waals surface area (Å²) in [6.07, 6.45) is 35.8. The molecule has 1 unspecified atom stereocenters. The molecule has 0 bridgehead atoms. The molecule has 0 aromatic heterocycles. The van der Waals surface area contributed by atoms with Gasteiger partial charge >= 0.3 is 11.9 Å². The lowest BCUT2D eigenvalue weighted by Crippen LogP contribution is -2.19. The van der Waals surface area contributed by atoms with Crippen LogP contribution in [0, 0.1) is 0 Å². The number of allylic oxidation sites excluding steroid dienone is 1. The van der Waals surface area contributed by atoms with E-state index in [9.17, 15) is 14.7 Å². The van der Waals surface area contributed by atoms with Crippen molar-refractivity contribution in [2.24, 2.45) is 0 Å². The Morgan fingerprint density at radius 2 is 1.13 bits per heavy atom. The summed E-state index contributed by atoms with van der Waals surface area (Å²) in [7, 11) is 0. The Bertz CT molecular complexity index is 696. The normalized spacial score (nSPS) is 12.9. The largest absolute Gasteiger partial charge is 0.481 e. The Labute approximate surface area is 290 Å². The van der Waals surface area contributed by atoms with E-state index in [4.69, 9.17) is 19.3 Å². The summed E-state index contributed by atoms with van der Waals surface area (Å²) in [5.41, 5.74) is 0. The summed E-state index contributed by atoms with van der Waals surface area (Å²) < 4.78 is 16.5. The molecule has 0 radical (unpaired) electrons. The van der Waals surface area contributed by atoms with Crippen molar-refractivity contribution >= 4 is 11.9 Å². The van der Waals surface area contributed by atoms with Crippen LogP contribution < -0.4 is 0 Å².